The van der Waals surface area contributed by atoms with E-state index in [0.717, 1.165) is 11.1 Å². The number of methoxy groups -OCH3 is 1. The Hall–Kier alpha value is -1.58. The van der Waals surface area contributed by atoms with Crippen LogP contribution in [0.2, 0.25) is 5.02 Å². The maximum absolute atomic E-state index is 13.4. The molecule has 0 heterocycles. The van der Waals surface area contributed by atoms with Gasteiger partial charge in [0.05, 0.1) is 13.2 Å². The van der Waals surface area contributed by atoms with E-state index >= 15 is 0 Å². The third-order valence-electron chi connectivity index (χ3n) is 2.95. The summed E-state index contributed by atoms with van der Waals surface area (Å²) in [4.78, 5) is 0. The fourth-order valence-electron chi connectivity index (χ4n) is 2.07. The zero-order chi connectivity index (χ0) is 14.0. The van der Waals surface area contributed by atoms with Gasteiger partial charge in [-0.25, -0.2) is 4.39 Å². The van der Waals surface area contributed by atoms with Gasteiger partial charge in [0.1, 0.15) is 11.6 Å². The molecule has 0 spiro atoms. The van der Waals surface area contributed by atoms with E-state index in [1.54, 1.807) is 12.1 Å². The van der Waals surface area contributed by atoms with Crippen molar-refractivity contribution in [1.29, 1.82) is 0 Å². The Balaban J connectivity index is 2.48. The monoisotopic (exact) mass is 279 g/mol. The van der Waals surface area contributed by atoms with Crippen LogP contribution < -0.4 is 10.5 Å². The molecule has 2 aromatic rings. The molecule has 1 unspecified atom stereocenters. The summed E-state index contributed by atoms with van der Waals surface area (Å²) in [6, 6.07) is 9.38. The second kappa shape index (κ2) is 5.59. The van der Waals surface area contributed by atoms with Crippen LogP contribution in [0, 0.1) is 12.7 Å². The Kier molecular flexibility index (Phi) is 4.08. The summed E-state index contributed by atoms with van der Waals surface area (Å²) in [7, 11) is 1.53. The summed E-state index contributed by atoms with van der Waals surface area (Å²) >= 11 is 6.03. The minimum atomic E-state index is -0.483. The van der Waals surface area contributed by atoms with Gasteiger partial charge in [-0.05, 0) is 48.4 Å². The number of rotatable bonds is 3. The van der Waals surface area contributed by atoms with Crippen LogP contribution in [0.5, 0.6) is 5.75 Å². The van der Waals surface area contributed by atoms with Crippen LogP contribution in [0.4, 0.5) is 4.39 Å². The zero-order valence-corrected chi connectivity index (χ0v) is 11.5. The van der Waals surface area contributed by atoms with E-state index in [0.29, 0.717) is 16.3 Å². The quantitative estimate of drug-likeness (QED) is 0.926. The van der Waals surface area contributed by atoms with Gasteiger partial charge < -0.3 is 10.5 Å². The van der Waals surface area contributed by atoms with Crippen LogP contribution >= 0.6 is 11.6 Å². The van der Waals surface area contributed by atoms with Gasteiger partial charge in [-0.3, -0.25) is 0 Å². The lowest BCUT2D eigenvalue weighted by Crippen LogP contribution is -2.13. The maximum atomic E-state index is 13.4. The number of hydrogen-bond donors (Lipinski definition) is 1. The number of hydrogen-bond acceptors (Lipinski definition) is 2. The molecule has 0 aromatic heterocycles. The van der Waals surface area contributed by atoms with E-state index in [9.17, 15) is 4.39 Å². The van der Waals surface area contributed by atoms with Crippen molar-refractivity contribution in [2.45, 2.75) is 13.0 Å². The van der Waals surface area contributed by atoms with Crippen molar-refractivity contribution in [3.63, 3.8) is 0 Å². The van der Waals surface area contributed by atoms with E-state index in [1.807, 2.05) is 19.1 Å². The molecule has 0 aliphatic carbocycles. The molecule has 0 saturated carbocycles. The van der Waals surface area contributed by atoms with Crippen molar-refractivity contribution in [1.82, 2.24) is 0 Å². The Morgan fingerprint density at radius 3 is 2.58 bits per heavy atom. The third-order valence-corrected chi connectivity index (χ3v) is 3.17. The summed E-state index contributed by atoms with van der Waals surface area (Å²) in [5, 5.41) is 0.612. The molecule has 19 heavy (non-hydrogen) atoms. The molecule has 0 aliphatic heterocycles. The van der Waals surface area contributed by atoms with Crippen LogP contribution in [0.1, 0.15) is 22.7 Å². The highest BCUT2D eigenvalue weighted by Gasteiger charge is 2.15. The Labute approximate surface area is 117 Å². The predicted molar refractivity (Wildman–Crippen MR) is 75.2 cm³/mol. The molecular formula is C15H15ClFNO. The molecule has 0 radical (unpaired) electrons. The van der Waals surface area contributed by atoms with Gasteiger partial charge in [0.25, 0.3) is 0 Å². The molecule has 2 N–H and O–H groups in total. The van der Waals surface area contributed by atoms with E-state index in [4.69, 9.17) is 22.1 Å². The van der Waals surface area contributed by atoms with Crippen molar-refractivity contribution in [3.8, 4) is 5.75 Å². The zero-order valence-electron chi connectivity index (χ0n) is 10.8. The lowest BCUT2D eigenvalue weighted by atomic mass is 9.97. The van der Waals surface area contributed by atoms with Crippen LogP contribution in [0.15, 0.2) is 36.4 Å². The summed E-state index contributed by atoms with van der Waals surface area (Å²) in [6.07, 6.45) is 0. The highest BCUT2D eigenvalue weighted by molar-refractivity contribution is 6.30. The Morgan fingerprint density at radius 2 is 1.95 bits per heavy atom. The summed E-state index contributed by atoms with van der Waals surface area (Å²) in [6.45, 7) is 1.94. The van der Waals surface area contributed by atoms with Gasteiger partial charge in [-0.15, -0.1) is 0 Å². The van der Waals surface area contributed by atoms with Gasteiger partial charge in [-0.2, -0.15) is 0 Å². The number of nitrogens with two attached hydrogens (primary N) is 1. The molecule has 2 rings (SSSR count). The number of benzene rings is 2. The first kappa shape index (κ1) is 13.8. The van der Waals surface area contributed by atoms with Crippen LogP contribution in [0.3, 0.4) is 0 Å². The van der Waals surface area contributed by atoms with Crippen molar-refractivity contribution in [2.24, 2.45) is 5.73 Å². The SMILES string of the molecule is COc1ccc(F)cc1C(N)c1cc(C)cc(Cl)c1. The number of halogens is 2. The summed E-state index contributed by atoms with van der Waals surface area (Å²) in [5.74, 6) is 0.219. The average Bonchev–Trinajstić information content (AvgIpc) is 2.36. The standard InChI is InChI=1S/C15H15ClFNO/c1-9-5-10(7-11(16)6-9)15(18)13-8-12(17)3-4-14(13)19-2/h3-8,15H,18H2,1-2H3. The van der Waals surface area contributed by atoms with Gasteiger partial charge in [0.15, 0.2) is 0 Å². The minimum Gasteiger partial charge on any atom is -0.496 e. The van der Waals surface area contributed by atoms with Gasteiger partial charge in [-0.1, -0.05) is 17.7 Å². The molecule has 2 nitrogen and oxygen atoms in total. The molecule has 0 aliphatic rings. The second-order valence-corrected chi connectivity index (χ2v) is 4.86. The smallest absolute Gasteiger partial charge is 0.124 e. The maximum Gasteiger partial charge on any atom is 0.124 e. The molecular weight excluding hydrogens is 265 g/mol. The topological polar surface area (TPSA) is 35.2 Å². The third kappa shape index (κ3) is 3.06. The first-order valence-electron chi connectivity index (χ1n) is 5.87. The van der Waals surface area contributed by atoms with Gasteiger partial charge in [0, 0.05) is 10.6 Å². The molecule has 2 aromatic carbocycles. The lowest BCUT2D eigenvalue weighted by Gasteiger charge is -2.17. The van der Waals surface area contributed by atoms with Crippen molar-refractivity contribution in [3.05, 3.63) is 63.9 Å². The minimum absolute atomic E-state index is 0.343. The Bertz CT molecular complexity index is 580. The molecule has 1 atom stereocenters. The summed E-state index contributed by atoms with van der Waals surface area (Å²) < 4.78 is 18.6. The predicted octanol–water partition coefficient (Wildman–Crippen LogP) is 3.84. The van der Waals surface area contributed by atoms with Gasteiger partial charge in [0.2, 0.25) is 0 Å². The van der Waals surface area contributed by atoms with Crippen molar-refractivity contribution >= 4 is 11.6 Å². The molecule has 0 saturated heterocycles. The van der Waals surface area contributed by atoms with Gasteiger partial charge >= 0.3 is 0 Å². The van der Waals surface area contributed by atoms with Crippen molar-refractivity contribution < 1.29 is 9.13 Å². The largest absolute Gasteiger partial charge is 0.496 e. The molecule has 0 fully saturated rings. The Morgan fingerprint density at radius 1 is 1.21 bits per heavy atom. The molecule has 0 bridgehead atoms. The number of ether oxygens (including phenoxy) is 1. The van der Waals surface area contributed by atoms with E-state index in [-0.39, 0.29) is 5.82 Å². The molecule has 0 amide bonds. The normalized spacial score (nSPS) is 12.3. The van der Waals surface area contributed by atoms with Crippen LogP contribution in [0.25, 0.3) is 0 Å². The fourth-order valence-corrected chi connectivity index (χ4v) is 2.37. The second-order valence-electron chi connectivity index (χ2n) is 4.43. The van der Waals surface area contributed by atoms with E-state index in [1.165, 1.54) is 19.2 Å². The first-order valence-corrected chi connectivity index (χ1v) is 6.25. The highest BCUT2D eigenvalue weighted by Crippen LogP contribution is 2.30. The van der Waals surface area contributed by atoms with Crippen molar-refractivity contribution in [2.75, 3.05) is 7.11 Å². The first-order chi connectivity index (χ1) is 9.01. The lowest BCUT2D eigenvalue weighted by molar-refractivity contribution is 0.406. The average molecular weight is 280 g/mol. The molecule has 4 heteroatoms. The van der Waals surface area contributed by atoms with Crippen LogP contribution in [-0.4, -0.2) is 7.11 Å². The van der Waals surface area contributed by atoms with E-state index in [2.05, 4.69) is 0 Å². The summed E-state index contributed by atoms with van der Waals surface area (Å²) in [5.41, 5.74) is 8.63. The fraction of sp³-hybridized carbons (Fsp3) is 0.200. The molecule has 100 valence electrons. The van der Waals surface area contributed by atoms with E-state index < -0.39 is 6.04 Å². The highest BCUT2D eigenvalue weighted by atomic mass is 35.5. The number of aryl methyl sites for hydroxylation is 1. The van der Waals surface area contributed by atoms with Crippen LogP contribution in [-0.2, 0) is 0 Å².